The zero-order valence-electron chi connectivity index (χ0n) is 7.46. The lowest BCUT2D eigenvalue weighted by atomic mass is 9.98. The van der Waals surface area contributed by atoms with E-state index in [2.05, 4.69) is 43.4 Å². The molecule has 2 aliphatic rings. The van der Waals surface area contributed by atoms with Gasteiger partial charge >= 0.3 is 0 Å². The molecule has 0 N–H and O–H groups in total. The Morgan fingerprint density at radius 1 is 1.33 bits per heavy atom. The smallest absolute Gasteiger partial charge is 0.0207 e. The van der Waals surface area contributed by atoms with Gasteiger partial charge in [-0.25, -0.2) is 0 Å². The van der Waals surface area contributed by atoms with Gasteiger partial charge in [0.05, 0.1) is 0 Å². The van der Waals surface area contributed by atoms with E-state index in [1.54, 1.807) is 0 Å². The monoisotopic (exact) mass is 158 g/mol. The third kappa shape index (κ3) is 1.29. The Kier molecular flexibility index (Phi) is 1.99. The van der Waals surface area contributed by atoms with Crippen LogP contribution in [0, 0.1) is 5.92 Å². The number of hydrogen-bond donors (Lipinski definition) is 0. The molecule has 0 bridgehead atoms. The first-order chi connectivity index (χ1) is 5.90. The third-order valence-electron chi connectivity index (χ3n) is 2.39. The predicted octanol–water partition coefficient (Wildman–Crippen LogP) is 3.40. The molecule has 0 spiro atoms. The van der Waals surface area contributed by atoms with Crippen LogP contribution in [0.3, 0.4) is 0 Å². The fourth-order valence-corrected chi connectivity index (χ4v) is 1.81. The maximum Gasteiger partial charge on any atom is 0.0207 e. The molecule has 0 radical (unpaired) electrons. The Labute approximate surface area is 74.0 Å². The van der Waals surface area contributed by atoms with E-state index in [-0.39, 0.29) is 0 Å². The van der Waals surface area contributed by atoms with E-state index in [1.807, 2.05) is 0 Å². The molecule has 0 aliphatic heterocycles. The van der Waals surface area contributed by atoms with Gasteiger partial charge in [0.15, 0.2) is 0 Å². The topological polar surface area (TPSA) is 0 Å². The van der Waals surface area contributed by atoms with Crippen LogP contribution >= 0.6 is 0 Å². The highest BCUT2D eigenvalue weighted by Gasteiger charge is 2.14. The van der Waals surface area contributed by atoms with E-state index >= 15 is 0 Å². The lowest BCUT2D eigenvalue weighted by Gasteiger charge is -2.06. The fourth-order valence-electron chi connectivity index (χ4n) is 1.81. The van der Waals surface area contributed by atoms with Crippen LogP contribution in [0.25, 0.3) is 0 Å². The van der Waals surface area contributed by atoms with Crippen LogP contribution in [-0.4, -0.2) is 0 Å². The molecule has 0 amide bonds. The van der Waals surface area contributed by atoms with Gasteiger partial charge in [-0.15, -0.1) is 0 Å². The summed E-state index contributed by atoms with van der Waals surface area (Å²) in [5.41, 5.74) is 2.97. The molecule has 2 aliphatic carbocycles. The summed E-state index contributed by atoms with van der Waals surface area (Å²) in [5.74, 6) is 0.580. The second kappa shape index (κ2) is 3.14. The standard InChI is InChI=1S/C12H14/c1-2-5-10-8-11-6-3-4-7-12(11)9-10/h3-4,6-9,11H,2,5H2,1H3. The lowest BCUT2D eigenvalue weighted by Crippen LogP contribution is -1.92. The minimum atomic E-state index is 0.580. The number of rotatable bonds is 2. The maximum atomic E-state index is 2.37. The normalized spacial score (nSPS) is 25.2. The Morgan fingerprint density at radius 3 is 3.00 bits per heavy atom. The number of fused-ring (bicyclic) bond motifs is 1. The van der Waals surface area contributed by atoms with Gasteiger partial charge in [0, 0.05) is 5.92 Å². The van der Waals surface area contributed by atoms with Gasteiger partial charge in [-0.05, 0) is 12.0 Å². The molecule has 0 heteroatoms. The van der Waals surface area contributed by atoms with Gasteiger partial charge in [0.2, 0.25) is 0 Å². The second-order valence-electron chi connectivity index (χ2n) is 3.41. The highest BCUT2D eigenvalue weighted by molar-refractivity contribution is 5.47. The minimum Gasteiger partial charge on any atom is -0.0732 e. The molecule has 62 valence electrons. The zero-order valence-corrected chi connectivity index (χ0v) is 7.46. The summed E-state index contributed by atoms with van der Waals surface area (Å²) < 4.78 is 0. The summed E-state index contributed by atoms with van der Waals surface area (Å²) in [6, 6.07) is 0. The van der Waals surface area contributed by atoms with Crippen LogP contribution in [0.4, 0.5) is 0 Å². The summed E-state index contributed by atoms with van der Waals surface area (Å²) in [7, 11) is 0. The summed E-state index contributed by atoms with van der Waals surface area (Å²) >= 11 is 0. The fraction of sp³-hybridized carbons (Fsp3) is 0.333. The van der Waals surface area contributed by atoms with Gasteiger partial charge in [0.1, 0.15) is 0 Å². The van der Waals surface area contributed by atoms with Crippen LogP contribution in [-0.2, 0) is 0 Å². The van der Waals surface area contributed by atoms with Crippen molar-refractivity contribution in [2.24, 2.45) is 5.92 Å². The van der Waals surface area contributed by atoms with Crippen LogP contribution in [0.2, 0.25) is 0 Å². The van der Waals surface area contributed by atoms with Gasteiger partial charge in [-0.2, -0.15) is 0 Å². The molecule has 1 atom stereocenters. The van der Waals surface area contributed by atoms with Crippen molar-refractivity contribution < 1.29 is 0 Å². The van der Waals surface area contributed by atoms with Crippen LogP contribution < -0.4 is 0 Å². The summed E-state index contributed by atoms with van der Waals surface area (Å²) in [6.07, 6.45) is 15.9. The molecular weight excluding hydrogens is 144 g/mol. The SMILES string of the molecule is CCCC1=CC2C=CC=CC2=C1. The van der Waals surface area contributed by atoms with Gasteiger partial charge in [-0.3, -0.25) is 0 Å². The van der Waals surface area contributed by atoms with Gasteiger partial charge < -0.3 is 0 Å². The average molecular weight is 158 g/mol. The molecule has 2 rings (SSSR count). The molecule has 12 heavy (non-hydrogen) atoms. The van der Waals surface area contributed by atoms with Crippen molar-refractivity contribution in [3.05, 3.63) is 47.6 Å². The van der Waals surface area contributed by atoms with Crippen LogP contribution in [0.5, 0.6) is 0 Å². The maximum absolute atomic E-state index is 2.37. The molecular formula is C12H14. The Morgan fingerprint density at radius 2 is 2.25 bits per heavy atom. The minimum absolute atomic E-state index is 0.580. The Bertz CT molecular complexity index is 287. The first-order valence-electron chi connectivity index (χ1n) is 4.67. The van der Waals surface area contributed by atoms with E-state index in [9.17, 15) is 0 Å². The van der Waals surface area contributed by atoms with E-state index in [0.29, 0.717) is 5.92 Å². The van der Waals surface area contributed by atoms with Crippen molar-refractivity contribution in [3.8, 4) is 0 Å². The number of allylic oxidation sites excluding steroid dienone is 8. The quantitative estimate of drug-likeness (QED) is 0.577. The molecule has 1 unspecified atom stereocenters. The van der Waals surface area contributed by atoms with E-state index in [4.69, 9.17) is 0 Å². The Hall–Kier alpha value is -1.04. The predicted molar refractivity (Wildman–Crippen MR) is 52.8 cm³/mol. The van der Waals surface area contributed by atoms with Crippen molar-refractivity contribution in [3.63, 3.8) is 0 Å². The van der Waals surface area contributed by atoms with E-state index < -0.39 is 0 Å². The van der Waals surface area contributed by atoms with Gasteiger partial charge in [-0.1, -0.05) is 55.4 Å². The average Bonchev–Trinajstić information content (AvgIpc) is 2.47. The van der Waals surface area contributed by atoms with Crippen molar-refractivity contribution in [1.29, 1.82) is 0 Å². The second-order valence-corrected chi connectivity index (χ2v) is 3.41. The summed E-state index contributed by atoms with van der Waals surface area (Å²) in [5, 5.41) is 0. The molecule has 0 nitrogen and oxygen atoms in total. The first kappa shape index (κ1) is 7.60. The highest BCUT2D eigenvalue weighted by Crippen LogP contribution is 2.30. The van der Waals surface area contributed by atoms with Gasteiger partial charge in [0.25, 0.3) is 0 Å². The highest BCUT2D eigenvalue weighted by atomic mass is 14.2. The van der Waals surface area contributed by atoms with Crippen molar-refractivity contribution >= 4 is 0 Å². The molecule has 0 saturated heterocycles. The van der Waals surface area contributed by atoms with Crippen LogP contribution in [0.15, 0.2) is 47.6 Å². The molecule has 0 heterocycles. The molecule has 0 fully saturated rings. The van der Waals surface area contributed by atoms with E-state index in [1.165, 1.54) is 24.0 Å². The lowest BCUT2D eigenvalue weighted by molar-refractivity contribution is 0.921. The van der Waals surface area contributed by atoms with Crippen LogP contribution in [0.1, 0.15) is 19.8 Å². The largest absolute Gasteiger partial charge is 0.0732 e. The molecule has 0 aromatic rings. The molecule has 0 aromatic heterocycles. The van der Waals surface area contributed by atoms with Crippen molar-refractivity contribution in [2.75, 3.05) is 0 Å². The first-order valence-corrected chi connectivity index (χ1v) is 4.67. The molecule has 0 aromatic carbocycles. The Balaban J connectivity index is 2.18. The third-order valence-corrected chi connectivity index (χ3v) is 2.39. The van der Waals surface area contributed by atoms with Crippen molar-refractivity contribution in [2.45, 2.75) is 19.8 Å². The molecule has 0 saturated carbocycles. The van der Waals surface area contributed by atoms with E-state index in [0.717, 1.165) is 0 Å². The summed E-state index contributed by atoms with van der Waals surface area (Å²) in [4.78, 5) is 0. The van der Waals surface area contributed by atoms with Crippen molar-refractivity contribution in [1.82, 2.24) is 0 Å². The summed E-state index contributed by atoms with van der Waals surface area (Å²) in [6.45, 7) is 2.23. The number of hydrogen-bond acceptors (Lipinski definition) is 0. The zero-order chi connectivity index (χ0) is 8.39.